The van der Waals surface area contributed by atoms with Crippen molar-refractivity contribution in [3.05, 3.63) is 64.0 Å². The van der Waals surface area contributed by atoms with Crippen molar-refractivity contribution in [2.45, 2.75) is 30.9 Å². The van der Waals surface area contributed by atoms with Crippen LogP contribution in [0.3, 0.4) is 0 Å². The maximum absolute atomic E-state index is 13.1. The monoisotopic (exact) mass is 494 g/mol. The lowest BCUT2D eigenvalue weighted by Crippen LogP contribution is -2.47. The molecular weight excluding hydrogens is 468 g/mol. The van der Waals surface area contributed by atoms with E-state index in [2.05, 4.69) is 10.3 Å². The molecule has 2 aromatic heterocycles. The number of amides is 2. The number of nitrogens with zero attached hydrogens (tertiary/aromatic N) is 2. The highest BCUT2D eigenvalue weighted by atomic mass is 16.6. The molecule has 2 aliphatic rings. The van der Waals surface area contributed by atoms with Crippen molar-refractivity contribution in [2.24, 2.45) is 0 Å². The Morgan fingerprint density at radius 1 is 1.25 bits per heavy atom. The van der Waals surface area contributed by atoms with E-state index in [1.807, 2.05) is 29.2 Å². The molecule has 2 N–H and O–H groups in total. The summed E-state index contributed by atoms with van der Waals surface area (Å²) in [5, 5.41) is 14.5. The molecule has 1 atom stereocenters. The molecule has 36 heavy (non-hydrogen) atoms. The van der Waals surface area contributed by atoms with Gasteiger partial charge in [-0.25, -0.2) is 0 Å². The summed E-state index contributed by atoms with van der Waals surface area (Å²) < 4.78 is 16.4. The summed E-state index contributed by atoms with van der Waals surface area (Å²) in [4.78, 5) is 40.4. The summed E-state index contributed by atoms with van der Waals surface area (Å²) in [6.07, 6.45) is 4.70. The summed E-state index contributed by atoms with van der Waals surface area (Å²) in [5.74, 6) is 0.190. The minimum absolute atomic E-state index is 0.0498. The molecule has 1 aromatic carbocycles. The van der Waals surface area contributed by atoms with Crippen molar-refractivity contribution in [2.75, 3.05) is 26.8 Å². The summed E-state index contributed by atoms with van der Waals surface area (Å²) in [5.41, 5.74) is 1.03. The first-order chi connectivity index (χ1) is 17.3. The number of hydrogen-bond donors (Lipinski definition) is 2. The van der Waals surface area contributed by atoms with Crippen LogP contribution in [0.25, 0.3) is 17.0 Å². The molecule has 5 rings (SSSR count). The lowest BCUT2D eigenvalue weighted by atomic mass is 9.87. The highest BCUT2D eigenvalue weighted by Gasteiger charge is 2.43. The number of hydrogen-bond acceptors (Lipinski definition) is 7. The predicted molar refractivity (Wildman–Crippen MR) is 130 cm³/mol. The summed E-state index contributed by atoms with van der Waals surface area (Å²) >= 11 is 0. The third-order valence-corrected chi connectivity index (χ3v) is 6.77. The van der Waals surface area contributed by atoms with Gasteiger partial charge in [0.25, 0.3) is 5.91 Å². The van der Waals surface area contributed by atoms with Gasteiger partial charge in [0.05, 0.1) is 31.4 Å². The first-order valence-electron chi connectivity index (χ1n) is 11.7. The number of aromatic nitrogens is 1. The highest BCUT2D eigenvalue weighted by molar-refractivity contribution is 5.98. The number of benzene rings is 1. The van der Waals surface area contributed by atoms with Gasteiger partial charge in [-0.2, -0.15) is 0 Å². The number of nitro groups is 1. The van der Waals surface area contributed by atoms with Crippen LogP contribution in [0, 0.1) is 10.1 Å². The number of H-pyrrole nitrogens is 1. The Balaban J connectivity index is 1.13. The maximum Gasteiger partial charge on any atom is 0.433 e. The topological polar surface area (TPSA) is 140 Å². The Morgan fingerprint density at radius 3 is 2.78 bits per heavy atom. The van der Waals surface area contributed by atoms with Gasteiger partial charge in [0, 0.05) is 36.1 Å². The second-order valence-electron chi connectivity index (χ2n) is 9.10. The molecule has 0 radical (unpaired) electrons. The summed E-state index contributed by atoms with van der Waals surface area (Å²) in [7, 11) is 1.61. The fourth-order valence-electron chi connectivity index (χ4n) is 4.86. The largest absolute Gasteiger partial charge is 0.497 e. The molecule has 2 fully saturated rings. The second kappa shape index (κ2) is 9.50. The van der Waals surface area contributed by atoms with Gasteiger partial charge in [0.15, 0.2) is 0 Å². The SMILES string of the molecule is COc1ccc2cc(C(=O)N3CCC4(CC3)CC(NC(=O)/C=C/c3ccc([N+](=O)[O-])o3)CO4)[nH]c2c1. The van der Waals surface area contributed by atoms with E-state index in [9.17, 15) is 19.7 Å². The minimum atomic E-state index is -0.636. The lowest BCUT2D eigenvalue weighted by molar-refractivity contribution is -0.402. The first kappa shape index (κ1) is 23.6. The third kappa shape index (κ3) is 4.82. The molecule has 0 aliphatic carbocycles. The number of carbonyl (C=O) groups is 2. The van der Waals surface area contributed by atoms with E-state index in [1.165, 1.54) is 24.3 Å². The average Bonchev–Trinajstić information content (AvgIpc) is 3.61. The van der Waals surface area contributed by atoms with Gasteiger partial charge in [0.2, 0.25) is 5.91 Å². The van der Waals surface area contributed by atoms with Crippen LogP contribution in [0.1, 0.15) is 35.5 Å². The zero-order valence-corrected chi connectivity index (χ0v) is 19.7. The van der Waals surface area contributed by atoms with Crippen molar-refractivity contribution in [1.82, 2.24) is 15.2 Å². The summed E-state index contributed by atoms with van der Waals surface area (Å²) in [6.45, 7) is 1.52. The van der Waals surface area contributed by atoms with Gasteiger partial charge in [-0.15, -0.1) is 0 Å². The molecular formula is C25H26N4O7. The number of nitrogens with one attached hydrogen (secondary N) is 2. The van der Waals surface area contributed by atoms with Crippen LogP contribution in [-0.4, -0.2) is 65.1 Å². The van der Waals surface area contributed by atoms with Crippen LogP contribution in [0.4, 0.5) is 5.88 Å². The van der Waals surface area contributed by atoms with Crippen LogP contribution in [0.2, 0.25) is 0 Å². The first-order valence-corrected chi connectivity index (χ1v) is 11.7. The molecule has 4 heterocycles. The molecule has 0 bridgehead atoms. The molecule has 2 aliphatic heterocycles. The van der Waals surface area contributed by atoms with E-state index in [0.29, 0.717) is 44.7 Å². The van der Waals surface area contributed by atoms with Gasteiger partial charge < -0.3 is 29.1 Å². The van der Waals surface area contributed by atoms with Crippen molar-refractivity contribution in [3.8, 4) is 5.75 Å². The smallest absolute Gasteiger partial charge is 0.433 e. The van der Waals surface area contributed by atoms with Crippen LogP contribution in [-0.2, 0) is 9.53 Å². The number of furan rings is 1. The van der Waals surface area contributed by atoms with Crippen molar-refractivity contribution in [1.29, 1.82) is 0 Å². The molecule has 2 amide bonds. The van der Waals surface area contributed by atoms with E-state index in [4.69, 9.17) is 13.9 Å². The zero-order valence-electron chi connectivity index (χ0n) is 19.7. The van der Waals surface area contributed by atoms with Crippen molar-refractivity contribution < 1.29 is 28.4 Å². The van der Waals surface area contributed by atoms with Crippen LogP contribution in [0.5, 0.6) is 5.75 Å². The quantitative estimate of drug-likeness (QED) is 0.304. The number of piperidine rings is 1. The molecule has 3 aromatic rings. The van der Waals surface area contributed by atoms with Gasteiger partial charge in [-0.3, -0.25) is 19.7 Å². The fraction of sp³-hybridized carbons (Fsp3) is 0.360. The molecule has 11 heteroatoms. The van der Waals surface area contributed by atoms with E-state index < -0.39 is 4.92 Å². The number of aromatic amines is 1. The van der Waals surface area contributed by atoms with Crippen molar-refractivity contribution in [3.63, 3.8) is 0 Å². The van der Waals surface area contributed by atoms with Crippen LogP contribution >= 0.6 is 0 Å². The molecule has 2 saturated heterocycles. The number of rotatable bonds is 6. The standard InChI is InChI=1S/C25H26N4O7/c1-34-19-3-2-16-12-21(27-20(16)13-19)24(31)28-10-8-25(9-11-28)14-17(15-35-25)26-22(30)6-4-18-5-7-23(36-18)29(32)33/h2-7,12-13,17,27H,8-11,14-15H2,1H3,(H,26,30)/b6-4+. The van der Waals surface area contributed by atoms with Gasteiger partial charge in [-0.1, -0.05) is 0 Å². The molecule has 11 nitrogen and oxygen atoms in total. The van der Waals surface area contributed by atoms with E-state index in [1.54, 1.807) is 7.11 Å². The van der Waals surface area contributed by atoms with Crippen LogP contribution in [0.15, 0.2) is 46.9 Å². The number of fused-ring (bicyclic) bond motifs is 1. The predicted octanol–water partition coefficient (Wildman–Crippen LogP) is 3.27. The second-order valence-corrected chi connectivity index (χ2v) is 9.10. The molecule has 188 valence electrons. The van der Waals surface area contributed by atoms with Crippen molar-refractivity contribution >= 4 is 34.7 Å². The van der Waals surface area contributed by atoms with E-state index >= 15 is 0 Å². The van der Waals surface area contributed by atoms with E-state index in [0.717, 1.165) is 16.7 Å². The third-order valence-electron chi connectivity index (χ3n) is 6.77. The maximum atomic E-state index is 13.1. The number of methoxy groups -OCH3 is 1. The van der Waals surface area contributed by atoms with Crippen LogP contribution < -0.4 is 10.1 Å². The Hall–Kier alpha value is -4.12. The average molecular weight is 495 g/mol. The number of likely N-dealkylation sites (tertiary alicyclic amines) is 1. The Kier molecular flexibility index (Phi) is 6.23. The number of ether oxygens (including phenoxy) is 2. The molecule has 1 unspecified atom stereocenters. The Labute approximate surface area is 206 Å². The minimum Gasteiger partial charge on any atom is -0.497 e. The van der Waals surface area contributed by atoms with Gasteiger partial charge in [-0.05, 0) is 49.6 Å². The molecule has 0 saturated carbocycles. The number of carbonyl (C=O) groups excluding carboxylic acids is 2. The Morgan fingerprint density at radius 2 is 2.06 bits per heavy atom. The highest BCUT2D eigenvalue weighted by Crippen LogP contribution is 2.36. The van der Waals surface area contributed by atoms with Gasteiger partial charge >= 0.3 is 5.88 Å². The lowest BCUT2D eigenvalue weighted by Gasteiger charge is -2.38. The zero-order chi connectivity index (χ0) is 25.3. The molecule has 1 spiro atoms. The van der Waals surface area contributed by atoms with Gasteiger partial charge in [0.1, 0.15) is 22.1 Å². The normalized spacial score (nSPS) is 19.2. The Bertz CT molecular complexity index is 1330. The van der Waals surface area contributed by atoms with E-state index in [-0.39, 0.29) is 35.1 Å². The fourth-order valence-corrected chi connectivity index (χ4v) is 4.86. The summed E-state index contributed by atoms with van der Waals surface area (Å²) in [6, 6.07) is 10.0.